The number of hydrogen-bond acceptors (Lipinski definition) is 3. The third-order valence-electron chi connectivity index (χ3n) is 8.60. The lowest BCUT2D eigenvalue weighted by atomic mass is 9.98. The summed E-state index contributed by atoms with van der Waals surface area (Å²) < 4.78 is 10.9. The molecule has 9 rings (SSSR count). The van der Waals surface area contributed by atoms with Crippen molar-refractivity contribution in [2.75, 3.05) is 0 Å². The van der Waals surface area contributed by atoms with Gasteiger partial charge in [-0.15, -0.1) is 0 Å². The van der Waals surface area contributed by atoms with Crippen molar-refractivity contribution in [2.45, 2.75) is 0 Å². The van der Waals surface area contributed by atoms with Gasteiger partial charge in [0.15, 0.2) is 5.58 Å². The molecule has 5 nitrogen and oxygen atoms in total. The van der Waals surface area contributed by atoms with Gasteiger partial charge in [0.05, 0.1) is 44.3 Å². The molecule has 3 aromatic heterocycles. The molecule has 0 unspecified atom stereocenters. The van der Waals surface area contributed by atoms with Crippen molar-refractivity contribution in [3.05, 3.63) is 132 Å². The minimum absolute atomic E-state index is 0.275. The molecule has 0 bridgehead atoms. The van der Waals surface area contributed by atoms with Crippen molar-refractivity contribution >= 4 is 65.6 Å². The Labute approximate surface area is 245 Å². The van der Waals surface area contributed by atoms with Gasteiger partial charge < -0.3 is 13.6 Å². The van der Waals surface area contributed by atoms with Gasteiger partial charge in [-0.1, -0.05) is 91.0 Å². The van der Waals surface area contributed by atoms with Crippen LogP contribution in [0.1, 0.15) is 11.1 Å². The fourth-order valence-corrected chi connectivity index (χ4v) is 6.90. The van der Waals surface area contributed by atoms with Gasteiger partial charge in [-0.25, -0.2) is 0 Å². The van der Waals surface area contributed by atoms with Crippen molar-refractivity contribution in [3.8, 4) is 23.5 Å². The number of fused-ring (bicyclic) bond motifs is 9. The van der Waals surface area contributed by atoms with Crippen LogP contribution in [0.15, 0.2) is 126 Å². The van der Waals surface area contributed by atoms with E-state index in [4.69, 9.17) is 4.42 Å². The Morgan fingerprint density at radius 2 is 0.814 bits per heavy atom. The number of rotatable bonds is 2. The molecule has 5 heteroatoms. The Balaban J connectivity index is 1.59. The highest BCUT2D eigenvalue weighted by Gasteiger charge is 2.29. The highest BCUT2D eigenvalue weighted by Crippen LogP contribution is 2.46. The van der Waals surface area contributed by atoms with E-state index in [1.54, 1.807) is 0 Å². The molecule has 6 aromatic carbocycles. The van der Waals surface area contributed by atoms with E-state index in [1.165, 1.54) is 0 Å². The van der Waals surface area contributed by atoms with E-state index < -0.39 is 0 Å². The van der Waals surface area contributed by atoms with Gasteiger partial charge in [0, 0.05) is 26.9 Å². The molecule has 0 fully saturated rings. The van der Waals surface area contributed by atoms with Crippen molar-refractivity contribution in [1.82, 2.24) is 9.13 Å². The second-order valence-corrected chi connectivity index (χ2v) is 10.7. The van der Waals surface area contributed by atoms with Gasteiger partial charge in [-0.2, -0.15) is 10.5 Å². The van der Waals surface area contributed by atoms with Crippen LogP contribution in [0.2, 0.25) is 0 Å². The Morgan fingerprint density at radius 1 is 0.442 bits per heavy atom. The smallest absolute Gasteiger partial charge is 0.162 e. The normalized spacial score (nSPS) is 11.7. The monoisotopic (exact) mass is 548 g/mol. The third kappa shape index (κ3) is 2.98. The van der Waals surface area contributed by atoms with E-state index in [-0.39, 0.29) is 5.56 Å². The summed E-state index contributed by atoms with van der Waals surface area (Å²) in [6.45, 7) is 0. The first kappa shape index (κ1) is 23.4. The summed E-state index contributed by atoms with van der Waals surface area (Å²) in [5, 5.41) is 27.8. The topological polar surface area (TPSA) is 70.6 Å². The Morgan fingerprint density at radius 3 is 1.28 bits per heavy atom. The van der Waals surface area contributed by atoms with E-state index in [0.29, 0.717) is 28.1 Å². The number of nitriles is 2. The van der Waals surface area contributed by atoms with E-state index in [2.05, 4.69) is 69.8 Å². The van der Waals surface area contributed by atoms with Gasteiger partial charge in [-0.05, 0) is 30.3 Å². The second-order valence-electron chi connectivity index (χ2n) is 10.7. The van der Waals surface area contributed by atoms with Gasteiger partial charge >= 0.3 is 0 Å². The number of hydrogen-bond donors (Lipinski definition) is 0. The Bertz CT molecular complexity index is 2600. The molecule has 0 saturated carbocycles. The average molecular weight is 549 g/mol. The van der Waals surface area contributed by atoms with Crippen LogP contribution in [0.3, 0.4) is 0 Å². The van der Waals surface area contributed by atoms with E-state index in [0.717, 1.165) is 54.4 Å². The van der Waals surface area contributed by atoms with E-state index >= 15 is 0 Å². The predicted octanol–water partition coefficient (Wildman–Crippen LogP) is 9.52. The summed E-state index contributed by atoms with van der Waals surface area (Å²) in [6.07, 6.45) is 0. The predicted molar refractivity (Wildman–Crippen MR) is 172 cm³/mol. The summed E-state index contributed by atoms with van der Waals surface area (Å²) in [4.78, 5) is 0. The van der Waals surface area contributed by atoms with Crippen LogP contribution in [-0.4, -0.2) is 9.13 Å². The van der Waals surface area contributed by atoms with E-state index in [1.807, 2.05) is 72.8 Å². The first-order valence-corrected chi connectivity index (χ1v) is 14.1. The minimum atomic E-state index is 0.275. The molecule has 0 aliphatic rings. The van der Waals surface area contributed by atoms with E-state index in [9.17, 15) is 10.5 Å². The molecular weight excluding hydrogens is 528 g/mol. The number of para-hydroxylation sites is 5. The zero-order valence-electron chi connectivity index (χ0n) is 22.7. The average Bonchev–Trinajstić information content (AvgIpc) is 3.72. The van der Waals surface area contributed by atoms with Gasteiger partial charge in [0.25, 0.3) is 0 Å². The largest absolute Gasteiger partial charge is 0.454 e. The highest BCUT2D eigenvalue weighted by molar-refractivity contribution is 6.19. The van der Waals surface area contributed by atoms with Crippen molar-refractivity contribution in [2.24, 2.45) is 0 Å². The number of aromatic nitrogens is 2. The molecule has 0 N–H and O–H groups in total. The van der Waals surface area contributed by atoms with Gasteiger partial charge in [-0.3, -0.25) is 0 Å². The lowest BCUT2D eigenvalue weighted by Gasteiger charge is -2.17. The van der Waals surface area contributed by atoms with Crippen LogP contribution in [0.5, 0.6) is 0 Å². The first-order valence-electron chi connectivity index (χ1n) is 14.1. The van der Waals surface area contributed by atoms with Crippen LogP contribution in [0.4, 0.5) is 0 Å². The van der Waals surface area contributed by atoms with Crippen molar-refractivity contribution in [3.63, 3.8) is 0 Å². The summed E-state index contributed by atoms with van der Waals surface area (Å²) >= 11 is 0. The molecule has 0 aliphatic heterocycles. The maximum absolute atomic E-state index is 10.9. The Hall–Kier alpha value is -6.30. The fraction of sp³-hybridized carbons (Fsp3) is 0. The van der Waals surface area contributed by atoms with Crippen LogP contribution in [0, 0.1) is 22.7 Å². The lowest BCUT2D eigenvalue weighted by Crippen LogP contribution is -2.06. The molecule has 0 radical (unpaired) electrons. The molecule has 0 aliphatic carbocycles. The summed E-state index contributed by atoms with van der Waals surface area (Å²) in [6, 6.07) is 45.6. The molecular formula is C38H20N4O. The molecule has 3 heterocycles. The van der Waals surface area contributed by atoms with Gasteiger partial charge in [0.1, 0.15) is 23.4 Å². The number of nitrogens with zero attached hydrogens (tertiary/aromatic N) is 4. The zero-order chi connectivity index (χ0) is 28.7. The molecule has 9 aromatic rings. The third-order valence-corrected chi connectivity index (χ3v) is 8.60. The molecule has 0 saturated heterocycles. The maximum Gasteiger partial charge on any atom is 0.162 e. The van der Waals surface area contributed by atoms with Crippen LogP contribution >= 0.6 is 0 Å². The lowest BCUT2D eigenvalue weighted by molar-refractivity contribution is 0.666. The second kappa shape index (κ2) is 8.60. The molecule has 0 amide bonds. The van der Waals surface area contributed by atoms with Crippen LogP contribution in [-0.2, 0) is 0 Å². The standard InChI is InChI=1S/C38H20N4O/c39-21-28-29(22-40)37(42-32-18-8-3-13-25(32)26-14-4-9-19-33(26)42)38-35(27-15-5-10-20-34(27)43-38)36(28)41-30-16-6-1-11-23(30)24-12-2-7-17-31(24)41/h1-20H. The highest BCUT2D eigenvalue weighted by atomic mass is 16.3. The quantitative estimate of drug-likeness (QED) is 0.216. The van der Waals surface area contributed by atoms with Crippen molar-refractivity contribution in [1.29, 1.82) is 10.5 Å². The maximum atomic E-state index is 10.9. The van der Waals surface area contributed by atoms with Gasteiger partial charge in [0.2, 0.25) is 0 Å². The SMILES string of the molecule is N#Cc1c(C#N)c(-n2c3ccccc3c3ccccc32)c2c(oc3ccccc32)c1-n1c2ccccc2c2ccccc21. The molecule has 0 spiro atoms. The fourth-order valence-electron chi connectivity index (χ4n) is 6.90. The van der Waals surface area contributed by atoms with Crippen molar-refractivity contribution < 1.29 is 4.42 Å². The minimum Gasteiger partial charge on any atom is -0.454 e. The summed E-state index contributed by atoms with van der Waals surface area (Å²) in [7, 11) is 0. The Kier molecular flexibility index (Phi) is 4.68. The molecule has 0 atom stereocenters. The number of furan rings is 1. The summed E-state index contributed by atoms with van der Waals surface area (Å²) in [5.41, 5.74) is 6.88. The zero-order valence-corrected chi connectivity index (χ0v) is 22.7. The van der Waals surface area contributed by atoms with Crippen LogP contribution < -0.4 is 0 Å². The van der Waals surface area contributed by atoms with Crippen LogP contribution in [0.25, 0.3) is 76.9 Å². The molecule has 43 heavy (non-hydrogen) atoms. The first-order chi connectivity index (χ1) is 21.3. The molecule has 198 valence electrons. The summed E-state index contributed by atoms with van der Waals surface area (Å²) in [5.74, 6) is 0. The number of benzene rings is 6.